The fraction of sp³-hybridized carbons (Fsp3) is 0.235. The summed E-state index contributed by atoms with van der Waals surface area (Å²) in [5.41, 5.74) is -1.31. The summed E-state index contributed by atoms with van der Waals surface area (Å²) < 4.78 is 34.1. The van der Waals surface area contributed by atoms with Crippen molar-refractivity contribution in [1.29, 1.82) is 0 Å². The maximum Gasteiger partial charge on any atom is 0.358 e. The predicted molar refractivity (Wildman–Crippen MR) is 99.6 cm³/mol. The van der Waals surface area contributed by atoms with E-state index >= 15 is 0 Å². The van der Waals surface area contributed by atoms with Crippen molar-refractivity contribution >= 4 is 46.5 Å². The van der Waals surface area contributed by atoms with E-state index in [1.165, 1.54) is 25.9 Å². The van der Waals surface area contributed by atoms with E-state index in [1.54, 1.807) is 0 Å². The van der Waals surface area contributed by atoms with Gasteiger partial charge in [0, 0.05) is 21.0 Å². The van der Waals surface area contributed by atoms with Gasteiger partial charge in [-0.05, 0) is 12.1 Å². The van der Waals surface area contributed by atoms with E-state index in [2.05, 4.69) is 15.0 Å². The summed E-state index contributed by atoms with van der Waals surface area (Å²) in [6, 6.07) is 2.09. The first-order valence-corrected chi connectivity index (χ1v) is 8.25. The molecule has 2 rings (SSSR count). The normalized spacial score (nSPS) is 10.5. The van der Waals surface area contributed by atoms with Gasteiger partial charge in [-0.25, -0.2) is 18.6 Å². The molecule has 1 aromatic heterocycles. The highest BCUT2D eigenvalue weighted by Crippen LogP contribution is 2.38. The van der Waals surface area contributed by atoms with Gasteiger partial charge in [0.2, 0.25) is 5.91 Å². The van der Waals surface area contributed by atoms with Gasteiger partial charge in [0.25, 0.3) is 0 Å². The number of nitrogens with zero attached hydrogens (tertiary/aromatic N) is 2. The highest BCUT2D eigenvalue weighted by atomic mass is 35.5. The molecule has 6 nitrogen and oxygen atoms in total. The number of benzene rings is 1. The SMILES string of the molecule is COC(=O)c1nc(-c2c(F)cc(Cl)c(N(C)C)c2F)cc(NC(C)=O)c1Cl. The van der Waals surface area contributed by atoms with Crippen molar-refractivity contribution in [2.24, 2.45) is 0 Å². The van der Waals surface area contributed by atoms with Crippen LogP contribution in [0, 0.1) is 11.6 Å². The molecule has 0 aliphatic heterocycles. The Morgan fingerprint density at radius 1 is 1.22 bits per heavy atom. The van der Waals surface area contributed by atoms with Crippen LogP contribution in [0.5, 0.6) is 0 Å². The first-order chi connectivity index (χ1) is 12.6. The number of aromatic nitrogens is 1. The van der Waals surface area contributed by atoms with Crippen molar-refractivity contribution in [2.45, 2.75) is 6.92 Å². The molecule has 2 aromatic rings. The molecule has 0 aliphatic rings. The van der Waals surface area contributed by atoms with Crippen LogP contribution >= 0.6 is 23.2 Å². The number of nitrogens with one attached hydrogen (secondary N) is 1. The monoisotopic (exact) mass is 417 g/mol. The molecular weight excluding hydrogens is 403 g/mol. The van der Waals surface area contributed by atoms with Crippen molar-refractivity contribution in [1.82, 2.24) is 4.98 Å². The summed E-state index contributed by atoms with van der Waals surface area (Å²) in [5.74, 6) is -3.42. The molecule has 0 spiro atoms. The lowest BCUT2D eigenvalue weighted by Gasteiger charge is -2.19. The van der Waals surface area contributed by atoms with Crippen LogP contribution < -0.4 is 10.2 Å². The summed E-state index contributed by atoms with van der Waals surface area (Å²) in [7, 11) is 4.16. The van der Waals surface area contributed by atoms with Crippen LogP contribution in [0.15, 0.2) is 12.1 Å². The van der Waals surface area contributed by atoms with Gasteiger partial charge in [0.15, 0.2) is 11.5 Å². The number of carbonyl (C=O) groups excluding carboxylic acids is 2. The number of methoxy groups -OCH3 is 1. The Morgan fingerprint density at radius 2 is 1.85 bits per heavy atom. The molecule has 0 bridgehead atoms. The maximum absolute atomic E-state index is 15.0. The van der Waals surface area contributed by atoms with E-state index in [-0.39, 0.29) is 27.1 Å². The molecule has 1 heterocycles. The lowest BCUT2D eigenvalue weighted by atomic mass is 10.1. The summed E-state index contributed by atoms with van der Waals surface area (Å²) in [6.45, 7) is 1.21. The van der Waals surface area contributed by atoms with Crippen LogP contribution in [-0.4, -0.2) is 38.1 Å². The number of anilines is 2. The standard InChI is InChI=1S/C17H15Cl2F2N3O3/c1-7(25)22-11-6-10(23-15(13(11)19)17(26)27-4)12-9(20)5-8(18)16(14(12)21)24(2)3/h5-6H,1-4H3,(H,22,23,25). The van der Waals surface area contributed by atoms with E-state index in [0.29, 0.717) is 0 Å². The van der Waals surface area contributed by atoms with Crippen LogP contribution in [0.1, 0.15) is 17.4 Å². The number of hydrogen-bond donors (Lipinski definition) is 1. The van der Waals surface area contributed by atoms with Crippen molar-refractivity contribution in [2.75, 3.05) is 31.4 Å². The fourth-order valence-corrected chi connectivity index (χ4v) is 2.96. The van der Waals surface area contributed by atoms with E-state index in [9.17, 15) is 18.4 Å². The fourth-order valence-electron chi connectivity index (χ4n) is 2.39. The lowest BCUT2D eigenvalue weighted by molar-refractivity contribution is -0.114. The van der Waals surface area contributed by atoms with Gasteiger partial charge < -0.3 is 15.0 Å². The Labute approximate surface area is 164 Å². The van der Waals surface area contributed by atoms with Crippen LogP contribution in [0.4, 0.5) is 20.2 Å². The third-order valence-corrected chi connectivity index (χ3v) is 4.17. The van der Waals surface area contributed by atoms with E-state index in [1.807, 2.05) is 0 Å². The Balaban J connectivity index is 2.84. The van der Waals surface area contributed by atoms with Crippen LogP contribution in [0.25, 0.3) is 11.3 Å². The van der Waals surface area contributed by atoms with Gasteiger partial charge in [-0.1, -0.05) is 23.2 Å². The topological polar surface area (TPSA) is 71.5 Å². The molecule has 1 aromatic carbocycles. The average Bonchev–Trinajstić information content (AvgIpc) is 2.55. The minimum atomic E-state index is -0.998. The van der Waals surface area contributed by atoms with E-state index in [0.717, 1.165) is 19.2 Å². The Kier molecular flexibility index (Phi) is 6.22. The molecule has 0 aliphatic carbocycles. The van der Waals surface area contributed by atoms with E-state index < -0.39 is 34.8 Å². The molecule has 10 heteroatoms. The Morgan fingerprint density at radius 3 is 2.37 bits per heavy atom. The summed E-state index contributed by atoms with van der Waals surface area (Å²) in [5, 5.41) is 2.04. The average molecular weight is 418 g/mol. The van der Waals surface area contributed by atoms with Crippen molar-refractivity contribution in [3.8, 4) is 11.3 Å². The van der Waals surface area contributed by atoms with Gasteiger partial charge in [0.1, 0.15) is 5.82 Å². The van der Waals surface area contributed by atoms with Gasteiger partial charge in [0.05, 0.1) is 39.8 Å². The second kappa shape index (κ2) is 8.06. The molecule has 0 saturated heterocycles. The van der Waals surface area contributed by atoms with Gasteiger partial charge >= 0.3 is 5.97 Å². The van der Waals surface area contributed by atoms with Crippen molar-refractivity contribution < 1.29 is 23.1 Å². The van der Waals surface area contributed by atoms with Crippen LogP contribution in [0.3, 0.4) is 0 Å². The first kappa shape index (κ1) is 20.9. The van der Waals surface area contributed by atoms with Gasteiger partial charge in [-0.3, -0.25) is 4.79 Å². The number of esters is 1. The molecule has 144 valence electrons. The molecular formula is C17H15Cl2F2N3O3. The van der Waals surface area contributed by atoms with Gasteiger partial charge in [-0.15, -0.1) is 0 Å². The number of hydrogen-bond acceptors (Lipinski definition) is 5. The summed E-state index contributed by atoms with van der Waals surface area (Å²) in [4.78, 5) is 28.7. The lowest BCUT2D eigenvalue weighted by Crippen LogP contribution is -2.14. The number of pyridine rings is 1. The largest absolute Gasteiger partial charge is 0.464 e. The molecule has 1 amide bonds. The zero-order valence-corrected chi connectivity index (χ0v) is 16.3. The van der Waals surface area contributed by atoms with Crippen molar-refractivity contribution in [3.05, 3.63) is 39.5 Å². The number of amides is 1. The number of ether oxygens (including phenoxy) is 1. The number of halogens is 4. The Bertz CT molecular complexity index is 936. The van der Waals surface area contributed by atoms with Crippen molar-refractivity contribution in [3.63, 3.8) is 0 Å². The molecule has 0 atom stereocenters. The molecule has 0 fully saturated rings. The van der Waals surface area contributed by atoms with Crippen LogP contribution in [-0.2, 0) is 9.53 Å². The number of carbonyl (C=O) groups is 2. The predicted octanol–water partition coefficient (Wildman–Crippen LogP) is 4.14. The summed E-state index contributed by atoms with van der Waals surface area (Å²) in [6.07, 6.45) is 0. The summed E-state index contributed by atoms with van der Waals surface area (Å²) >= 11 is 12.0. The molecule has 0 saturated carbocycles. The minimum absolute atomic E-state index is 0.0466. The van der Waals surface area contributed by atoms with E-state index in [4.69, 9.17) is 23.2 Å². The smallest absolute Gasteiger partial charge is 0.358 e. The molecule has 0 unspecified atom stereocenters. The Hall–Kier alpha value is -2.45. The minimum Gasteiger partial charge on any atom is -0.464 e. The second-order valence-electron chi connectivity index (χ2n) is 5.66. The molecule has 0 radical (unpaired) electrons. The molecule has 27 heavy (non-hydrogen) atoms. The highest BCUT2D eigenvalue weighted by molar-refractivity contribution is 6.36. The molecule has 1 N–H and O–H groups in total. The maximum atomic E-state index is 15.0. The quantitative estimate of drug-likeness (QED) is 0.756. The highest BCUT2D eigenvalue weighted by Gasteiger charge is 2.25. The van der Waals surface area contributed by atoms with Crippen LogP contribution in [0.2, 0.25) is 10.0 Å². The zero-order chi connectivity index (χ0) is 20.5. The second-order valence-corrected chi connectivity index (χ2v) is 6.45. The zero-order valence-electron chi connectivity index (χ0n) is 14.8. The van der Waals surface area contributed by atoms with Gasteiger partial charge in [-0.2, -0.15) is 0 Å². The first-order valence-electron chi connectivity index (χ1n) is 7.50. The number of rotatable bonds is 4. The third kappa shape index (κ3) is 4.12. The third-order valence-electron chi connectivity index (χ3n) is 3.50.